The van der Waals surface area contributed by atoms with Gasteiger partial charge in [-0.1, -0.05) is 17.7 Å². The molecule has 0 aromatic heterocycles. The van der Waals surface area contributed by atoms with Crippen LogP contribution in [0.4, 0.5) is 0 Å². The predicted octanol–water partition coefficient (Wildman–Crippen LogP) is 2.26. The van der Waals surface area contributed by atoms with Crippen LogP contribution in [0.25, 0.3) is 0 Å². The molecule has 102 valence electrons. The van der Waals surface area contributed by atoms with Crippen LogP contribution in [0.2, 0.25) is 5.02 Å². The molecule has 0 spiro atoms. The Morgan fingerprint density at radius 3 is 2.74 bits per heavy atom. The second-order valence-electron chi connectivity index (χ2n) is 4.42. The molecule has 0 bridgehead atoms. The Morgan fingerprint density at radius 1 is 1.37 bits per heavy atom. The van der Waals surface area contributed by atoms with Crippen molar-refractivity contribution < 1.29 is 19.1 Å². The molecule has 19 heavy (non-hydrogen) atoms. The molecule has 4 nitrogen and oxygen atoms in total. The van der Waals surface area contributed by atoms with E-state index < -0.39 is 17.4 Å². The van der Waals surface area contributed by atoms with Crippen molar-refractivity contribution in [3.63, 3.8) is 0 Å². The Kier molecular flexibility index (Phi) is 3.80. The van der Waals surface area contributed by atoms with Crippen LogP contribution >= 0.6 is 11.6 Å². The van der Waals surface area contributed by atoms with Gasteiger partial charge in [0, 0.05) is 5.02 Å². The van der Waals surface area contributed by atoms with Gasteiger partial charge in [-0.15, -0.1) is 0 Å². The maximum atomic E-state index is 12.3. The van der Waals surface area contributed by atoms with Crippen LogP contribution < -0.4 is 0 Å². The number of hydrogen-bond acceptors (Lipinski definition) is 4. The third-order valence-electron chi connectivity index (χ3n) is 3.45. The lowest BCUT2D eigenvalue weighted by atomic mass is 9.82. The van der Waals surface area contributed by atoms with Crippen molar-refractivity contribution in [2.24, 2.45) is 0 Å². The number of aryl methyl sites for hydroxylation is 1. The molecule has 1 aliphatic carbocycles. The highest BCUT2D eigenvalue weighted by molar-refractivity contribution is 6.30. The van der Waals surface area contributed by atoms with E-state index in [9.17, 15) is 9.59 Å². The van der Waals surface area contributed by atoms with E-state index in [1.54, 1.807) is 25.1 Å². The zero-order valence-electron chi connectivity index (χ0n) is 10.9. The first-order valence-corrected chi connectivity index (χ1v) is 6.48. The van der Waals surface area contributed by atoms with Gasteiger partial charge < -0.3 is 9.47 Å². The summed E-state index contributed by atoms with van der Waals surface area (Å²) in [6.07, 6.45) is 0.956. The number of halogens is 1. The van der Waals surface area contributed by atoms with Crippen LogP contribution in [0.15, 0.2) is 18.2 Å². The van der Waals surface area contributed by atoms with Gasteiger partial charge in [-0.2, -0.15) is 0 Å². The number of hydrogen-bond donors (Lipinski definition) is 0. The Morgan fingerprint density at radius 2 is 2.11 bits per heavy atom. The Labute approximate surface area is 116 Å². The molecule has 1 aromatic rings. The molecule has 0 aliphatic heterocycles. The Bertz CT molecular complexity index is 526. The number of methoxy groups -OCH3 is 1. The fourth-order valence-corrected chi connectivity index (χ4v) is 2.77. The van der Waals surface area contributed by atoms with Crippen LogP contribution in [0.5, 0.6) is 0 Å². The number of carbonyl (C=O) groups is 2. The van der Waals surface area contributed by atoms with Crippen LogP contribution in [0, 0.1) is 0 Å². The van der Waals surface area contributed by atoms with Crippen LogP contribution in [-0.4, -0.2) is 25.7 Å². The van der Waals surface area contributed by atoms with Crippen molar-refractivity contribution in [3.05, 3.63) is 34.3 Å². The average Bonchev–Trinajstić information content (AvgIpc) is 2.77. The van der Waals surface area contributed by atoms with Gasteiger partial charge in [-0.25, -0.2) is 0 Å². The quantitative estimate of drug-likeness (QED) is 0.630. The van der Waals surface area contributed by atoms with Gasteiger partial charge in [0.05, 0.1) is 13.7 Å². The lowest BCUT2D eigenvalue weighted by molar-refractivity contribution is -0.163. The molecule has 1 atom stereocenters. The minimum absolute atomic E-state index is 0.223. The number of esters is 2. The summed E-state index contributed by atoms with van der Waals surface area (Å²) in [6.45, 7) is 1.93. The Hall–Kier alpha value is -1.55. The highest BCUT2D eigenvalue weighted by atomic mass is 35.5. The number of rotatable bonds is 3. The highest BCUT2D eigenvalue weighted by Gasteiger charge is 2.54. The van der Waals surface area contributed by atoms with Gasteiger partial charge in [0.2, 0.25) is 0 Å². The largest absolute Gasteiger partial charge is 0.468 e. The second-order valence-corrected chi connectivity index (χ2v) is 4.86. The van der Waals surface area contributed by atoms with Gasteiger partial charge >= 0.3 is 11.9 Å². The van der Waals surface area contributed by atoms with Gasteiger partial charge in [-0.3, -0.25) is 9.59 Å². The number of fused-ring (bicyclic) bond motifs is 1. The molecule has 2 rings (SSSR count). The molecule has 0 fully saturated rings. The fraction of sp³-hybridized carbons (Fsp3) is 0.429. The van der Waals surface area contributed by atoms with E-state index in [4.69, 9.17) is 21.1 Å². The van der Waals surface area contributed by atoms with Crippen molar-refractivity contribution in [1.29, 1.82) is 0 Å². The molecule has 0 radical (unpaired) electrons. The second kappa shape index (κ2) is 5.21. The van der Waals surface area contributed by atoms with Gasteiger partial charge in [-0.05, 0) is 43.0 Å². The van der Waals surface area contributed by atoms with Crippen molar-refractivity contribution >= 4 is 23.5 Å². The minimum atomic E-state index is -1.34. The lowest BCUT2D eigenvalue weighted by Gasteiger charge is -2.24. The molecule has 1 aliphatic rings. The number of carbonyl (C=O) groups excluding carboxylic acids is 2. The average molecular weight is 283 g/mol. The van der Waals surface area contributed by atoms with E-state index in [1.807, 2.05) is 0 Å². The predicted molar refractivity (Wildman–Crippen MR) is 70.1 cm³/mol. The Balaban J connectivity index is 2.54. The summed E-state index contributed by atoms with van der Waals surface area (Å²) in [5, 5.41) is 0.586. The summed E-state index contributed by atoms with van der Waals surface area (Å²) < 4.78 is 9.89. The SMILES string of the molecule is CCOC(=O)[C@@]1(C(=O)OC)CCc2cc(Cl)ccc21. The van der Waals surface area contributed by atoms with E-state index in [2.05, 4.69) is 0 Å². The highest BCUT2D eigenvalue weighted by Crippen LogP contribution is 2.42. The summed E-state index contributed by atoms with van der Waals surface area (Å²) in [6, 6.07) is 5.15. The van der Waals surface area contributed by atoms with Crippen LogP contribution in [0.1, 0.15) is 24.5 Å². The lowest BCUT2D eigenvalue weighted by Crippen LogP contribution is -2.44. The standard InChI is InChI=1S/C14H15ClO4/c1-3-19-13(17)14(12(16)18-2)7-6-9-8-10(15)4-5-11(9)14/h4-5,8H,3,6-7H2,1-2H3/t14-/m0/s1. The maximum absolute atomic E-state index is 12.3. The van der Waals surface area contributed by atoms with Gasteiger partial charge in [0.1, 0.15) is 0 Å². The summed E-state index contributed by atoms with van der Waals surface area (Å²) >= 11 is 5.94. The molecule has 1 aromatic carbocycles. The topological polar surface area (TPSA) is 52.6 Å². The molecule has 0 heterocycles. The summed E-state index contributed by atoms with van der Waals surface area (Å²) in [7, 11) is 1.28. The van der Waals surface area contributed by atoms with Crippen molar-refractivity contribution in [3.8, 4) is 0 Å². The number of ether oxygens (including phenoxy) is 2. The van der Waals surface area contributed by atoms with Gasteiger partial charge in [0.25, 0.3) is 0 Å². The summed E-state index contributed by atoms with van der Waals surface area (Å²) in [4.78, 5) is 24.4. The third kappa shape index (κ3) is 2.10. The summed E-state index contributed by atoms with van der Waals surface area (Å²) in [5.74, 6) is -1.13. The van der Waals surface area contributed by atoms with E-state index in [1.165, 1.54) is 7.11 Å². The first kappa shape index (κ1) is 13.9. The third-order valence-corrected chi connectivity index (χ3v) is 3.69. The van der Waals surface area contributed by atoms with Crippen LogP contribution in [-0.2, 0) is 30.9 Å². The van der Waals surface area contributed by atoms with Gasteiger partial charge in [0.15, 0.2) is 5.41 Å². The molecule has 0 amide bonds. The fourth-order valence-electron chi connectivity index (χ4n) is 2.58. The zero-order chi connectivity index (χ0) is 14.0. The normalized spacial score (nSPS) is 20.8. The van der Waals surface area contributed by atoms with Crippen molar-refractivity contribution in [2.75, 3.05) is 13.7 Å². The van der Waals surface area contributed by atoms with E-state index in [-0.39, 0.29) is 6.61 Å². The van der Waals surface area contributed by atoms with Crippen molar-refractivity contribution in [1.82, 2.24) is 0 Å². The van der Waals surface area contributed by atoms with E-state index >= 15 is 0 Å². The molecular formula is C14H15ClO4. The molecule has 5 heteroatoms. The summed E-state index contributed by atoms with van der Waals surface area (Å²) in [5.41, 5.74) is 0.193. The van der Waals surface area contributed by atoms with E-state index in [0.717, 1.165) is 5.56 Å². The maximum Gasteiger partial charge on any atom is 0.328 e. The molecule has 0 unspecified atom stereocenters. The smallest absolute Gasteiger partial charge is 0.328 e. The molecular weight excluding hydrogens is 268 g/mol. The van der Waals surface area contributed by atoms with E-state index in [0.29, 0.717) is 23.4 Å². The monoisotopic (exact) mass is 282 g/mol. The first-order chi connectivity index (χ1) is 9.06. The zero-order valence-corrected chi connectivity index (χ0v) is 11.6. The molecule has 0 N–H and O–H groups in total. The molecule has 0 saturated carbocycles. The first-order valence-electron chi connectivity index (χ1n) is 6.10. The van der Waals surface area contributed by atoms with Crippen LogP contribution in [0.3, 0.4) is 0 Å². The minimum Gasteiger partial charge on any atom is -0.468 e. The molecule has 0 saturated heterocycles. The number of benzene rings is 1. The van der Waals surface area contributed by atoms with Crippen molar-refractivity contribution in [2.45, 2.75) is 25.2 Å².